The Morgan fingerprint density at radius 1 is 1.29 bits per heavy atom. The number of aromatic nitrogens is 1. The maximum Gasteiger partial charge on any atom is 0.373 e. The molecule has 1 aromatic heterocycles. The summed E-state index contributed by atoms with van der Waals surface area (Å²) in [5, 5.41) is 9.29. The standard InChI is InChI=1S/C16H20N2O3/c1-16(2,3)13-12(15(19)20)21-14(17-13)10-7-6-8-11(9-10)18(4)5/h6-9H,1-5H3,(H,19,20). The van der Waals surface area contributed by atoms with Gasteiger partial charge in [-0.05, 0) is 18.2 Å². The fourth-order valence-corrected chi connectivity index (χ4v) is 2.01. The fraction of sp³-hybridized carbons (Fsp3) is 0.375. The molecule has 1 aromatic carbocycles. The summed E-state index contributed by atoms with van der Waals surface area (Å²) in [5.74, 6) is -0.851. The second-order valence-electron chi connectivity index (χ2n) is 6.20. The van der Waals surface area contributed by atoms with Crippen molar-refractivity contribution in [2.24, 2.45) is 0 Å². The largest absolute Gasteiger partial charge is 0.475 e. The zero-order valence-electron chi connectivity index (χ0n) is 13.0. The molecular formula is C16H20N2O3. The molecule has 0 bridgehead atoms. The summed E-state index contributed by atoms with van der Waals surface area (Å²) in [7, 11) is 3.88. The third-order valence-electron chi connectivity index (χ3n) is 3.14. The number of hydrogen-bond donors (Lipinski definition) is 1. The molecule has 0 amide bonds. The van der Waals surface area contributed by atoms with Gasteiger partial charge in [-0.3, -0.25) is 0 Å². The lowest BCUT2D eigenvalue weighted by Gasteiger charge is -2.14. The molecule has 0 aliphatic carbocycles. The van der Waals surface area contributed by atoms with Gasteiger partial charge in [-0.1, -0.05) is 26.8 Å². The number of oxazole rings is 1. The van der Waals surface area contributed by atoms with Gasteiger partial charge in [-0.2, -0.15) is 0 Å². The summed E-state index contributed by atoms with van der Waals surface area (Å²) in [6.07, 6.45) is 0. The maximum absolute atomic E-state index is 11.3. The third kappa shape index (κ3) is 3.07. The fourth-order valence-electron chi connectivity index (χ4n) is 2.01. The second kappa shape index (κ2) is 5.24. The lowest BCUT2D eigenvalue weighted by Crippen LogP contribution is -2.16. The van der Waals surface area contributed by atoms with Gasteiger partial charge in [0.2, 0.25) is 11.7 Å². The number of carbonyl (C=O) groups is 1. The van der Waals surface area contributed by atoms with Gasteiger partial charge in [0.15, 0.2) is 0 Å². The van der Waals surface area contributed by atoms with Crippen LogP contribution in [0, 0.1) is 0 Å². The van der Waals surface area contributed by atoms with E-state index < -0.39 is 11.4 Å². The van der Waals surface area contributed by atoms with Crippen LogP contribution < -0.4 is 4.90 Å². The van der Waals surface area contributed by atoms with Gasteiger partial charge in [-0.15, -0.1) is 0 Å². The number of nitrogens with zero attached hydrogens (tertiary/aromatic N) is 2. The summed E-state index contributed by atoms with van der Waals surface area (Å²) >= 11 is 0. The van der Waals surface area contributed by atoms with Crippen molar-refractivity contribution in [2.75, 3.05) is 19.0 Å². The van der Waals surface area contributed by atoms with Crippen molar-refractivity contribution in [3.63, 3.8) is 0 Å². The smallest absolute Gasteiger partial charge is 0.373 e. The van der Waals surface area contributed by atoms with E-state index in [1.54, 1.807) is 0 Å². The number of carboxylic acids is 1. The van der Waals surface area contributed by atoms with E-state index >= 15 is 0 Å². The van der Waals surface area contributed by atoms with Crippen molar-refractivity contribution in [3.8, 4) is 11.5 Å². The monoisotopic (exact) mass is 288 g/mol. The Morgan fingerprint density at radius 3 is 2.43 bits per heavy atom. The van der Waals surface area contributed by atoms with Crippen molar-refractivity contribution in [3.05, 3.63) is 35.7 Å². The van der Waals surface area contributed by atoms with Gasteiger partial charge in [0.25, 0.3) is 0 Å². The first-order valence-electron chi connectivity index (χ1n) is 6.72. The molecule has 1 heterocycles. The van der Waals surface area contributed by atoms with Gasteiger partial charge in [0, 0.05) is 30.8 Å². The molecule has 21 heavy (non-hydrogen) atoms. The zero-order chi connectivity index (χ0) is 15.8. The first-order valence-corrected chi connectivity index (χ1v) is 6.72. The second-order valence-corrected chi connectivity index (χ2v) is 6.20. The quantitative estimate of drug-likeness (QED) is 0.937. The lowest BCUT2D eigenvalue weighted by molar-refractivity contribution is 0.0659. The molecule has 2 rings (SSSR count). The molecule has 0 fully saturated rings. The van der Waals surface area contributed by atoms with E-state index in [-0.39, 0.29) is 5.76 Å². The first-order chi connectivity index (χ1) is 9.70. The van der Waals surface area contributed by atoms with E-state index in [0.717, 1.165) is 11.3 Å². The molecule has 0 aliphatic rings. The summed E-state index contributed by atoms with van der Waals surface area (Å²) in [6, 6.07) is 7.64. The highest BCUT2D eigenvalue weighted by molar-refractivity contribution is 5.86. The number of rotatable bonds is 3. The number of aromatic carboxylic acids is 1. The Hall–Kier alpha value is -2.30. The highest BCUT2D eigenvalue weighted by Gasteiger charge is 2.29. The van der Waals surface area contributed by atoms with Gasteiger partial charge in [0.1, 0.15) is 5.69 Å². The predicted molar refractivity (Wildman–Crippen MR) is 81.9 cm³/mol. The van der Waals surface area contributed by atoms with E-state index in [0.29, 0.717) is 11.6 Å². The average Bonchev–Trinajstić information content (AvgIpc) is 2.84. The average molecular weight is 288 g/mol. The molecule has 1 N–H and O–H groups in total. The number of carboxylic acid groups (broad SMARTS) is 1. The van der Waals surface area contributed by atoms with Crippen LogP contribution in [0.5, 0.6) is 0 Å². The van der Waals surface area contributed by atoms with Crippen LogP contribution in [0.1, 0.15) is 37.0 Å². The van der Waals surface area contributed by atoms with Crippen LogP contribution in [-0.2, 0) is 5.41 Å². The van der Waals surface area contributed by atoms with Gasteiger partial charge in [-0.25, -0.2) is 9.78 Å². The Kier molecular flexibility index (Phi) is 3.77. The van der Waals surface area contributed by atoms with Crippen molar-refractivity contribution in [1.82, 2.24) is 4.98 Å². The summed E-state index contributed by atoms with van der Waals surface area (Å²) < 4.78 is 5.49. The van der Waals surface area contributed by atoms with Crippen molar-refractivity contribution in [1.29, 1.82) is 0 Å². The van der Waals surface area contributed by atoms with E-state index in [9.17, 15) is 9.90 Å². The molecule has 0 spiro atoms. The molecule has 0 radical (unpaired) electrons. The maximum atomic E-state index is 11.3. The van der Waals surface area contributed by atoms with Crippen LogP contribution in [-0.4, -0.2) is 30.2 Å². The molecule has 0 unspecified atom stereocenters. The molecule has 0 saturated carbocycles. The summed E-state index contributed by atoms with van der Waals surface area (Å²) in [5.41, 5.74) is 1.83. The predicted octanol–water partition coefficient (Wildman–Crippen LogP) is 3.40. The van der Waals surface area contributed by atoms with Crippen LogP contribution in [0.3, 0.4) is 0 Å². The molecule has 0 atom stereocenters. The van der Waals surface area contributed by atoms with E-state index in [4.69, 9.17) is 4.42 Å². The normalized spacial score (nSPS) is 11.5. The van der Waals surface area contributed by atoms with Crippen molar-refractivity contribution < 1.29 is 14.3 Å². The molecule has 112 valence electrons. The van der Waals surface area contributed by atoms with Crippen LogP contribution >= 0.6 is 0 Å². The molecule has 5 heteroatoms. The zero-order valence-corrected chi connectivity index (χ0v) is 13.0. The van der Waals surface area contributed by atoms with Crippen molar-refractivity contribution in [2.45, 2.75) is 26.2 Å². The number of benzene rings is 1. The number of hydrogen-bond acceptors (Lipinski definition) is 4. The topological polar surface area (TPSA) is 66.6 Å². The summed E-state index contributed by atoms with van der Waals surface area (Å²) in [4.78, 5) is 17.7. The minimum Gasteiger partial charge on any atom is -0.475 e. The van der Waals surface area contributed by atoms with Gasteiger partial charge >= 0.3 is 5.97 Å². The Labute approximate surface area is 124 Å². The molecule has 0 aliphatic heterocycles. The molecule has 0 saturated heterocycles. The van der Waals surface area contributed by atoms with Gasteiger partial charge in [0.05, 0.1) is 0 Å². The van der Waals surface area contributed by atoms with Crippen LogP contribution in [0.25, 0.3) is 11.5 Å². The van der Waals surface area contributed by atoms with Gasteiger partial charge < -0.3 is 14.4 Å². The molecular weight excluding hydrogens is 268 g/mol. The highest BCUT2D eigenvalue weighted by atomic mass is 16.4. The SMILES string of the molecule is CN(C)c1cccc(-c2nc(C(C)(C)C)c(C(=O)O)o2)c1. The first kappa shape index (κ1) is 15.1. The minimum absolute atomic E-state index is 0.0900. The van der Waals surface area contributed by atoms with Crippen LogP contribution in [0.4, 0.5) is 5.69 Å². The molecule has 2 aromatic rings. The lowest BCUT2D eigenvalue weighted by atomic mass is 9.91. The minimum atomic E-state index is -1.09. The number of anilines is 1. The molecule has 5 nitrogen and oxygen atoms in total. The van der Waals surface area contributed by atoms with Crippen LogP contribution in [0.15, 0.2) is 28.7 Å². The van der Waals surface area contributed by atoms with E-state index in [1.165, 1.54) is 0 Å². The van der Waals surface area contributed by atoms with E-state index in [1.807, 2.05) is 64.0 Å². The third-order valence-corrected chi connectivity index (χ3v) is 3.14. The Bertz CT molecular complexity index is 666. The van der Waals surface area contributed by atoms with E-state index in [2.05, 4.69) is 4.98 Å². The summed E-state index contributed by atoms with van der Waals surface area (Å²) in [6.45, 7) is 5.74. The Balaban J connectivity index is 2.55. The van der Waals surface area contributed by atoms with Crippen molar-refractivity contribution >= 4 is 11.7 Å². The highest BCUT2D eigenvalue weighted by Crippen LogP contribution is 2.31. The Morgan fingerprint density at radius 2 is 1.95 bits per heavy atom. The van der Waals surface area contributed by atoms with Crippen LogP contribution in [0.2, 0.25) is 0 Å².